The van der Waals surface area contributed by atoms with E-state index in [1.54, 1.807) is 30.3 Å². The van der Waals surface area contributed by atoms with Crippen molar-refractivity contribution in [1.29, 1.82) is 0 Å². The van der Waals surface area contributed by atoms with Gasteiger partial charge in [0.1, 0.15) is 0 Å². The van der Waals surface area contributed by atoms with Crippen molar-refractivity contribution in [3.63, 3.8) is 0 Å². The van der Waals surface area contributed by atoms with Crippen molar-refractivity contribution in [3.8, 4) is 0 Å². The minimum Gasteiger partial charge on any atom is -0.402 e. The first-order chi connectivity index (χ1) is 11.3. The maximum atomic E-state index is 12.0. The molecule has 0 radical (unpaired) electrons. The van der Waals surface area contributed by atoms with Gasteiger partial charge in [-0.3, -0.25) is 0 Å². The van der Waals surface area contributed by atoms with Crippen LogP contribution in [0, 0.1) is 0 Å². The summed E-state index contributed by atoms with van der Waals surface area (Å²) in [6.07, 6.45) is 1.73. The number of aliphatic imine (C=N–C) groups is 1. The highest BCUT2D eigenvalue weighted by molar-refractivity contribution is 6.31. The average molecular weight is 340 g/mol. The van der Waals surface area contributed by atoms with Crippen LogP contribution in [0.1, 0.15) is 37.5 Å². The topological polar surface area (TPSA) is 38.7 Å². The minimum atomic E-state index is -0.454. The Morgan fingerprint density at radius 2 is 1.79 bits per heavy atom. The second kappa shape index (κ2) is 6.25. The van der Waals surface area contributed by atoms with Crippen LogP contribution in [0.3, 0.4) is 0 Å². The number of rotatable bonds is 2. The largest absolute Gasteiger partial charge is 0.402 e. The molecule has 0 spiro atoms. The van der Waals surface area contributed by atoms with E-state index >= 15 is 0 Å². The summed E-state index contributed by atoms with van der Waals surface area (Å²) in [5.74, 6) is -0.176. The summed E-state index contributed by atoms with van der Waals surface area (Å²) in [5.41, 5.74) is 3.21. The van der Waals surface area contributed by atoms with Crippen molar-refractivity contribution in [3.05, 3.63) is 75.9 Å². The van der Waals surface area contributed by atoms with Gasteiger partial charge in [0.25, 0.3) is 0 Å². The van der Waals surface area contributed by atoms with Gasteiger partial charge in [-0.15, -0.1) is 0 Å². The molecule has 0 unspecified atom stereocenters. The van der Waals surface area contributed by atoms with Crippen LogP contribution in [0.2, 0.25) is 5.02 Å². The molecule has 1 aliphatic rings. The molecule has 0 aromatic heterocycles. The first kappa shape index (κ1) is 16.5. The molecule has 0 saturated carbocycles. The van der Waals surface area contributed by atoms with Crippen LogP contribution >= 0.6 is 11.6 Å². The number of carbonyl (C=O) groups is 1. The lowest BCUT2D eigenvalue weighted by Crippen LogP contribution is -2.10. The number of halogens is 1. The van der Waals surface area contributed by atoms with Gasteiger partial charge in [-0.05, 0) is 40.8 Å². The van der Waals surface area contributed by atoms with Crippen molar-refractivity contribution in [2.75, 3.05) is 0 Å². The number of hydrogen-bond donors (Lipinski definition) is 0. The normalized spacial score (nSPS) is 16.2. The second-order valence-electron chi connectivity index (χ2n) is 6.72. The van der Waals surface area contributed by atoms with Gasteiger partial charge in [0.2, 0.25) is 5.90 Å². The predicted octanol–water partition coefficient (Wildman–Crippen LogP) is 4.98. The molecular formula is C20H18ClNO2. The van der Waals surface area contributed by atoms with Gasteiger partial charge < -0.3 is 4.74 Å². The van der Waals surface area contributed by atoms with Crippen molar-refractivity contribution >= 4 is 29.5 Å². The highest BCUT2D eigenvalue weighted by atomic mass is 35.5. The quantitative estimate of drug-likeness (QED) is 0.571. The molecule has 0 fully saturated rings. The minimum absolute atomic E-state index is 0.0931. The molecule has 24 heavy (non-hydrogen) atoms. The van der Waals surface area contributed by atoms with Crippen LogP contribution in [-0.4, -0.2) is 11.9 Å². The van der Waals surface area contributed by atoms with Crippen molar-refractivity contribution < 1.29 is 9.53 Å². The summed E-state index contributed by atoms with van der Waals surface area (Å²) in [6, 6.07) is 15.2. The maximum absolute atomic E-state index is 12.0. The molecule has 3 nitrogen and oxygen atoms in total. The fourth-order valence-electron chi connectivity index (χ4n) is 2.39. The summed E-state index contributed by atoms with van der Waals surface area (Å²) in [6.45, 7) is 6.49. The number of hydrogen-bond acceptors (Lipinski definition) is 3. The molecule has 2 aromatic rings. The van der Waals surface area contributed by atoms with E-state index in [9.17, 15) is 4.79 Å². The average Bonchev–Trinajstić information content (AvgIpc) is 2.88. The fraction of sp³-hybridized carbons (Fsp3) is 0.200. The summed E-state index contributed by atoms with van der Waals surface area (Å²) in [4.78, 5) is 16.3. The third kappa shape index (κ3) is 3.57. The number of ether oxygens (including phenoxy) is 1. The zero-order valence-corrected chi connectivity index (χ0v) is 14.6. The van der Waals surface area contributed by atoms with Crippen molar-refractivity contribution in [1.82, 2.24) is 0 Å². The first-order valence-electron chi connectivity index (χ1n) is 7.72. The van der Waals surface area contributed by atoms with E-state index in [2.05, 4.69) is 37.9 Å². The van der Waals surface area contributed by atoms with E-state index in [4.69, 9.17) is 16.3 Å². The summed E-state index contributed by atoms with van der Waals surface area (Å²) >= 11 is 5.97. The van der Waals surface area contributed by atoms with Gasteiger partial charge in [0.15, 0.2) is 5.70 Å². The second-order valence-corrected chi connectivity index (χ2v) is 7.15. The van der Waals surface area contributed by atoms with E-state index in [1.165, 1.54) is 5.56 Å². The maximum Gasteiger partial charge on any atom is 0.363 e. The number of esters is 1. The van der Waals surface area contributed by atoms with Gasteiger partial charge in [-0.1, -0.05) is 62.7 Å². The van der Waals surface area contributed by atoms with E-state index in [1.807, 2.05) is 12.1 Å². The van der Waals surface area contributed by atoms with Crippen LogP contribution in [0.4, 0.5) is 0 Å². The van der Waals surface area contributed by atoms with E-state index < -0.39 is 5.97 Å². The van der Waals surface area contributed by atoms with E-state index in [-0.39, 0.29) is 17.0 Å². The molecule has 1 aliphatic heterocycles. The zero-order chi connectivity index (χ0) is 17.3. The van der Waals surface area contributed by atoms with Crippen LogP contribution in [0.15, 0.2) is 59.2 Å². The third-order valence-electron chi connectivity index (χ3n) is 3.77. The highest BCUT2D eigenvalue weighted by Crippen LogP contribution is 2.24. The first-order valence-corrected chi connectivity index (χ1v) is 8.10. The Balaban J connectivity index is 1.88. The van der Waals surface area contributed by atoms with Gasteiger partial charge >= 0.3 is 5.97 Å². The van der Waals surface area contributed by atoms with Gasteiger partial charge in [-0.25, -0.2) is 9.79 Å². The third-order valence-corrected chi connectivity index (χ3v) is 4.01. The molecule has 1 heterocycles. The molecule has 2 aromatic carbocycles. The molecule has 0 saturated heterocycles. The molecule has 122 valence electrons. The summed E-state index contributed by atoms with van der Waals surface area (Å²) in [7, 11) is 0. The van der Waals surface area contributed by atoms with Crippen LogP contribution in [0.25, 0.3) is 6.08 Å². The van der Waals surface area contributed by atoms with Crippen LogP contribution in [-0.2, 0) is 14.9 Å². The lowest BCUT2D eigenvalue weighted by atomic mass is 9.87. The van der Waals surface area contributed by atoms with E-state index in [0.29, 0.717) is 10.6 Å². The van der Waals surface area contributed by atoms with Gasteiger partial charge in [0.05, 0.1) is 0 Å². The smallest absolute Gasteiger partial charge is 0.363 e. The summed E-state index contributed by atoms with van der Waals surface area (Å²) in [5, 5.41) is 0.571. The Labute approximate surface area is 146 Å². The fourth-order valence-corrected chi connectivity index (χ4v) is 2.58. The molecule has 3 rings (SSSR count). The summed E-state index contributed by atoms with van der Waals surface area (Å²) < 4.78 is 5.25. The molecule has 0 aliphatic carbocycles. The molecule has 0 bridgehead atoms. The number of nitrogens with zero attached hydrogens (tertiary/aromatic N) is 1. The molecule has 0 N–H and O–H groups in total. The lowest BCUT2D eigenvalue weighted by molar-refractivity contribution is -0.129. The Bertz CT molecular complexity index is 843. The zero-order valence-electron chi connectivity index (χ0n) is 13.8. The van der Waals surface area contributed by atoms with Crippen molar-refractivity contribution in [2.45, 2.75) is 26.2 Å². The monoisotopic (exact) mass is 339 g/mol. The number of benzene rings is 2. The highest BCUT2D eigenvalue weighted by Gasteiger charge is 2.24. The predicted molar refractivity (Wildman–Crippen MR) is 97.2 cm³/mol. The molecule has 0 amide bonds. The van der Waals surface area contributed by atoms with Gasteiger partial charge in [-0.2, -0.15) is 0 Å². The standard InChI is InChI=1S/C20H18ClNO2/c1-20(2,3)15-9-7-13(8-10-15)11-17-19(23)24-18(22-17)14-5-4-6-16(21)12-14/h4-12H,1-3H3/b17-11+. The molecule has 4 heteroatoms. The van der Waals surface area contributed by atoms with Crippen molar-refractivity contribution in [2.24, 2.45) is 4.99 Å². The SMILES string of the molecule is CC(C)(C)c1ccc(/C=C2/N=C(c3cccc(Cl)c3)OC2=O)cc1. The Kier molecular flexibility index (Phi) is 4.29. The number of cyclic esters (lactones) is 1. The number of carbonyl (C=O) groups excluding carboxylic acids is 1. The Morgan fingerprint density at radius 3 is 2.42 bits per heavy atom. The molecular weight excluding hydrogens is 322 g/mol. The Morgan fingerprint density at radius 1 is 1.08 bits per heavy atom. The van der Waals surface area contributed by atoms with Crippen LogP contribution < -0.4 is 0 Å². The van der Waals surface area contributed by atoms with Crippen LogP contribution in [0.5, 0.6) is 0 Å². The van der Waals surface area contributed by atoms with E-state index in [0.717, 1.165) is 5.56 Å². The molecule has 0 atom stereocenters. The van der Waals surface area contributed by atoms with Gasteiger partial charge in [0, 0.05) is 10.6 Å². The lowest BCUT2D eigenvalue weighted by Gasteiger charge is -2.18. The Hall–Kier alpha value is -2.39.